The molecular formula is C20H17Cl3N2O3S2. The summed E-state index contributed by atoms with van der Waals surface area (Å²) < 4.78 is 25.4. The molecule has 0 aliphatic heterocycles. The minimum absolute atomic E-state index is 0.00994. The molecule has 2 aromatic carbocycles. The highest BCUT2D eigenvalue weighted by atomic mass is 35.5. The lowest BCUT2D eigenvalue weighted by molar-refractivity contribution is 0.213. The van der Waals surface area contributed by atoms with Gasteiger partial charge in [0, 0.05) is 22.1 Å². The van der Waals surface area contributed by atoms with Crippen molar-refractivity contribution in [3.05, 3.63) is 79.9 Å². The lowest BCUT2D eigenvalue weighted by Crippen LogP contribution is -2.37. The van der Waals surface area contributed by atoms with Crippen LogP contribution in [-0.2, 0) is 16.4 Å². The van der Waals surface area contributed by atoms with Gasteiger partial charge in [-0.25, -0.2) is 13.2 Å². The fourth-order valence-electron chi connectivity index (χ4n) is 2.61. The zero-order valence-electron chi connectivity index (χ0n) is 15.5. The van der Waals surface area contributed by atoms with E-state index in [0.717, 1.165) is 4.88 Å². The van der Waals surface area contributed by atoms with E-state index < -0.39 is 15.9 Å². The number of urea groups is 1. The average Bonchev–Trinajstić information content (AvgIpc) is 3.21. The average molecular weight is 504 g/mol. The van der Waals surface area contributed by atoms with Crippen LogP contribution in [0.5, 0.6) is 0 Å². The van der Waals surface area contributed by atoms with Gasteiger partial charge >= 0.3 is 6.03 Å². The van der Waals surface area contributed by atoms with Crippen LogP contribution < -0.4 is 5.32 Å². The molecule has 0 saturated heterocycles. The second-order valence-corrected chi connectivity index (χ2v) is 10.7. The molecule has 0 aliphatic carbocycles. The smallest absolute Gasteiger partial charge is 0.318 e. The second-order valence-electron chi connectivity index (χ2n) is 6.33. The van der Waals surface area contributed by atoms with Crippen molar-refractivity contribution in [2.45, 2.75) is 11.4 Å². The van der Waals surface area contributed by atoms with E-state index in [-0.39, 0.29) is 23.7 Å². The van der Waals surface area contributed by atoms with Crippen molar-refractivity contribution in [3.63, 3.8) is 0 Å². The van der Waals surface area contributed by atoms with Crippen molar-refractivity contribution in [2.24, 2.45) is 0 Å². The highest BCUT2D eigenvalue weighted by molar-refractivity contribution is 7.91. The van der Waals surface area contributed by atoms with E-state index in [1.165, 1.54) is 46.6 Å². The fourth-order valence-corrected chi connectivity index (χ4v) is 5.00. The van der Waals surface area contributed by atoms with Crippen molar-refractivity contribution in [1.29, 1.82) is 0 Å². The molecule has 0 atom stereocenters. The monoisotopic (exact) mass is 502 g/mol. The molecule has 0 radical (unpaired) electrons. The number of thiophene rings is 1. The van der Waals surface area contributed by atoms with Crippen molar-refractivity contribution >= 4 is 67.7 Å². The van der Waals surface area contributed by atoms with Crippen molar-refractivity contribution in [3.8, 4) is 0 Å². The van der Waals surface area contributed by atoms with Crippen LogP contribution in [0.15, 0.2) is 64.9 Å². The number of amides is 2. The van der Waals surface area contributed by atoms with Gasteiger partial charge in [-0.3, -0.25) is 0 Å². The van der Waals surface area contributed by atoms with Crippen LogP contribution in [0.3, 0.4) is 0 Å². The van der Waals surface area contributed by atoms with E-state index in [0.29, 0.717) is 20.8 Å². The Morgan fingerprint density at radius 3 is 2.37 bits per heavy atom. The van der Waals surface area contributed by atoms with Gasteiger partial charge in [0.15, 0.2) is 9.84 Å². The predicted molar refractivity (Wildman–Crippen MR) is 124 cm³/mol. The third kappa shape index (κ3) is 6.12. The van der Waals surface area contributed by atoms with Crippen LogP contribution in [-0.4, -0.2) is 31.6 Å². The first-order valence-corrected chi connectivity index (χ1v) is 12.4. The van der Waals surface area contributed by atoms with Gasteiger partial charge in [0.25, 0.3) is 0 Å². The van der Waals surface area contributed by atoms with Gasteiger partial charge in [0.1, 0.15) is 0 Å². The molecule has 3 aromatic rings. The van der Waals surface area contributed by atoms with Gasteiger partial charge in [-0.2, -0.15) is 0 Å². The molecule has 0 bridgehead atoms. The first-order valence-electron chi connectivity index (χ1n) is 8.76. The van der Waals surface area contributed by atoms with E-state index in [4.69, 9.17) is 34.8 Å². The molecule has 0 saturated carbocycles. The van der Waals surface area contributed by atoms with E-state index in [9.17, 15) is 13.2 Å². The summed E-state index contributed by atoms with van der Waals surface area (Å²) in [6.07, 6.45) is 0. The molecule has 1 aromatic heterocycles. The number of benzene rings is 2. The summed E-state index contributed by atoms with van der Waals surface area (Å²) in [5, 5.41) is 5.78. The topological polar surface area (TPSA) is 66.5 Å². The minimum Gasteiger partial charge on any atom is -0.318 e. The van der Waals surface area contributed by atoms with Crippen molar-refractivity contribution < 1.29 is 13.2 Å². The number of nitrogens with zero attached hydrogens (tertiary/aromatic N) is 1. The molecule has 0 spiro atoms. The van der Waals surface area contributed by atoms with Crippen LogP contribution in [0.4, 0.5) is 10.5 Å². The lowest BCUT2D eigenvalue weighted by atomic mass is 10.3. The zero-order chi connectivity index (χ0) is 21.7. The van der Waals surface area contributed by atoms with Crippen LogP contribution in [0.1, 0.15) is 4.88 Å². The summed E-state index contributed by atoms with van der Waals surface area (Å²) in [5.74, 6) is -0.227. The number of halogens is 3. The molecule has 0 unspecified atom stereocenters. The van der Waals surface area contributed by atoms with E-state index in [1.54, 1.807) is 12.1 Å². The summed E-state index contributed by atoms with van der Waals surface area (Å²) in [4.78, 5) is 15.4. The molecule has 5 nitrogen and oxygen atoms in total. The van der Waals surface area contributed by atoms with Gasteiger partial charge < -0.3 is 10.2 Å². The number of carbonyl (C=O) groups is 1. The Bertz CT molecular complexity index is 1120. The number of anilines is 1. The summed E-state index contributed by atoms with van der Waals surface area (Å²) >= 11 is 19.2. The predicted octanol–water partition coefficient (Wildman–Crippen LogP) is 6.22. The molecule has 10 heteroatoms. The molecule has 3 rings (SSSR count). The molecule has 0 fully saturated rings. The van der Waals surface area contributed by atoms with E-state index in [1.807, 2.05) is 17.5 Å². The first kappa shape index (κ1) is 22.9. The Balaban J connectivity index is 1.75. The molecule has 0 aliphatic rings. The molecule has 1 N–H and O–H groups in total. The Labute approximate surface area is 194 Å². The normalized spacial score (nSPS) is 11.3. The maximum Gasteiger partial charge on any atom is 0.322 e. The lowest BCUT2D eigenvalue weighted by Gasteiger charge is -2.23. The van der Waals surface area contributed by atoms with Crippen LogP contribution in [0, 0.1) is 0 Å². The molecule has 2 amide bonds. The molecule has 30 heavy (non-hydrogen) atoms. The standard InChI is InChI=1S/C20H17Cl3N2O3S2/c21-14-3-6-17(7-4-14)30(27,28)11-9-25(13-16-2-1-10-29-16)20(26)24-15-5-8-18(22)19(23)12-15/h1-8,10,12H,9,11,13H2,(H,24,26). The Morgan fingerprint density at radius 1 is 1.00 bits per heavy atom. The van der Waals surface area contributed by atoms with Gasteiger partial charge in [-0.1, -0.05) is 40.9 Å². The summed E-state index contributed by atoms with van der Waals surface area (Å²) in [5.41, 5.74) is 0.464. The first-order chi connectivity index (χ1) is 14.2. The third-order valence-electron chi connectivity index (χ3n) is 4.19. The van der Waals surface area contributed by atoms with E-state index >= 15 is 0 Å². The molecule has 158 valence electrons. The molecule has 1 heterocycles. The summed E-state index contributed by atoms with van der Waals surface area (Å²) in [7, 11) is -3.59. The number of hydrogen-bond donors (Lipinski definition) is 1. The number of rotatable bonds is 7. The maximum atomic E-state index is 12.9. The van der Waals surface area contributed by atoms with Gasteiger partial charge in [0.05, 0.1) is 27.2 Å². The highest BCUT2D eigenvalue weighted by Gasteiger charge is 2.21. The van der Waals surface area contributed by atoms with Crippen molar-refractivity contribution in [1.82, 2.24) is 4.90 Å². The Hall–Kier alpha value is -1.77. The SMILES string of the molecule is O=C(Nc1ccc(Cl)c(Cl)c1)N(CCS(=O)(=O)c1ccc(Cl)cc1)Cc1cccs1. The largest absolute Gasteiger partial charge is 0.322 e. The Morgan fingerprint density at radius 2 is 1.73 bits per heavy atom. The summed E-state index contributed by atoms with van der Waals surface area (Å²) in [6, 6.07) is 14.0. The van der Waals surface area contributed by atoms with Gasteiger partial charge in [0.2, 0.25) is 0 Å². The van der Waals surface area contributed by atoms with Crippen LogP contribution >= 0.6 is 46.1 Å². The van der Waals surface area contributed by atoms with Gasteiger partial charge in [-0.15, -0.1) is 11.3 Å². The fraction of sp³-hybridized carbons (Fsp3) is 0.150. The number of sulfone groups is 1. The maximum absolute atomic E-state index is 12.9. The van der Waals surface area contributed by atoms with Crippen molar-refractivity contribution in [2.75, 3.05) is 17.6 Å². The van der Waals surface area contributed by atoms with Gasteiger partial charge in [-0.05, 0) is 53.9 Å². The third-order valence-corrected chi connectivity index (χ3v) is 7.75. The Kier molecular flexibility index (Phi) is 7.65. The second kappa shape index (κ2) is 10.0. The zero-order valence-corrected chi connectivity index (χ0v) is 19.4. The quantitative estimate of drug-likeness (QED) is 0.416. The number of hydrogen-bond acceptors (Lipinski definition) is 4. The summed E-state index contributed by atoms with van der Waals surface area (Å²) in [6.45, 7) is 0.289. The minimum atomic E-state index is -3.59. The molecular weight excluding hydrogens is 487 g/mol. The van der Waals surface area contributed by atoms with Crippen LogP contribution in [0.2, 0.25) is 15.1 Å². The highest BCUT2D eigenvalue weighted by Crippen LogP contribution is 2.25. The van der Waals surface area contributed by atoms with E-state index in [2.05, 4.69) is 5.32 Å². The van der Waals surface area contributed by atoms with Crippen LogP contribution in [0.25, 0.3) is 0 Å². The number of carbonyl (C=O) groups excluding carboxylic acids is 1. The number of nitrogens with one attached hydrogen (secondary N) is 1.